The molecule has 7 nitrogen and oxygen atoms in total. The van der Waals surface area contributed by atoms with Gasteiger partial charge in [-0.1, -0.05) is 0 Å². The molecule has 0 aliphatic carbocycles. The Bertz CT molecular complexity index is 1050. The molecule has 1 N–H and O–H groups in total. The highest BCUT2D eigenvalue weighted by Crippen LogP contribution is 2.30. The minimum absolute atomic E-state index is 0.144. The zero-order valence-corrected chi connectivity index (χ0v) is 14.2. The Labute approximate surface area is 144 Å². The van der Waals surface area contributed by atoms with E-state index in [0.29, 0.717) is 24.5 Å². The van der Waals surface area contributed by atoms with Crippen LogP contribution < -0.4 is 5.76 Å². The monoisotopic (exact) mass is 359 g/mol. The lowest BCUT2D eigenvalue weighted by molar-refractivity contribution is 0.319. The number of pyridine rings is 1. The number of aromatic amines is 1. The number of fused-ring (bicyclic) bond motifs is 1. The van der Waals surface area contributed by atoms with E-state index >= 15 is 0 Å². The highest BCUT2D eigenvalue weighted by molar-refractivity contribution is 7.89. The van der Waals surface area contributed by atoms with Gasteiger partial charge in [-0.25, -0.2) is 13.2 Å². The Hall–Kier alpha value is -2.45. The maximum Gasteiger partial charge on any atom is 0.417 e. The van der Waals surface area contributed by atoms with Crippen LogP contribution in [0.5, 0.6) is 0 Å². The zero-order chi connectivity index (χ0) is 17.4. The van der Waals surface area contributed by atoms with Crippen LogP contribution in [-0.4, -0.2) is 35.8 Å². The van der Waals surface area contributed by atoms with E-state index in [-0.39, 0.29) is 10.5 Å². The van der Waals surface area contributed by atoms with Crippen LogP contribution in [0.25, 0.3) is 11.1 Å². The number of nitrogens with zero attached hydrogens (tertiary/aromatic N) is 2. The number of rotatable bonds is 3. The van der Waals surface area contributed by atoms with E-state index < -0.39 is 15.8 Å². The van der Waals surface area contributed by atoms with Crippen LogP contribution >= 0.6 is 0 Å². The molecule has 4 rings (SSSR count). The van der Waals surface area contributed by atoms with Crippen molar-refractivity contribution in [1.82, 2.24) is 14.3 Å². The Morgan fingerprint density at radius 2 is 1.84 bits per heavy atom. The maximum absolute atomic E-state index is 12.9. The first-order valence-electron chi connectivity index (χ1n) is 8.07. The normalized spacial score (nSPS) is 17.1. The lowest BCUT2D eigenvalue weighted by atomic mass is 9.91. The van der Waals surface area contributed by atoms with Gasteiger partial charge in [-0.15, -0.1) is 0 Å². The summed E-state index contributed by atoms with van der Waals surface area (Å²) in [6, 6.07) is 8.42. The van der Waals surface area contributed by atoms with Gasteiger partial charge in [0.05, 0.1) is 10.4 Å². The van der Waals surface area contributed by atoms with Gasteiger partial charge < -0.3 is 4.42 Å². The van der Waals surface area contributed by atoms with Gasteiger partial charge in [0.1, 0.15) is 0 Å². The Morgan fingerprint density at radius 1 is 1.12 bits per heavy atom. The number of aromatic nitrogens is 2. The highest BCUT2D eigenvalue weighted by Gasteiger charge is 2.30. The second-order valence-electron chi connectivity index (χ2n) is 6.13. The average Bonchev–Trinajstić information content (AvgIpc) is 3.02. The Balaban J connectivity index is 1.55. The Morgan fingerprint density at radius 3 is 2.56 bits per heavy atom. The molecule has 1 aliphatic rings. The van der Waals surface area contributed by atoms with Gasteiger partial charge >= 0.3 is 5.76 Å². The minimum atomic E-state index is -3.60. The number of benzene rings is 1. The van der Waals surface area contributed by atoms with Crippen molar-refractivity contribution in [1.29, 1.82) is 0 Å². The molecule has 1 aliphatic heterocycles. The molecule has 8 heteroatoms. The van der Waals surface area contributed by atoms with E-state index in [4.69, 9.17) is 4.42 Å². The third-order valence-electron chi connectivity index (χ3n) is 4.66. The molecule has 0 spiro atoms. The van der Waals surface area contributed by atoms with Gasteiger partial charge in [0.2, 0.25) is 10.0 Å². The largest absolute Gasteiger partial charge is 0.417 e. The van der Waals surface area contributed by atoms with Gasteiger partial charge in [-0.05, 0) is 48.6 Å². The van der Waals surface area contributed by atoms with Gasteiger partial charge in [0.25, 0.3) is 0 Å². The molecule has 3 aromatic rings. The molecule has 3 heterocycles. The molecule has 1 fully saturated rings. The predicted octanol–water partition coefficient (Wildman–Crippen LogP) is 2.08. The van der Waals surface area contributed by atoms with E-state index in [9.17, 15) is 13.2 Å². The van der Waals surface area contributed by atoms with Crippen molar-refractivity contribution < 1.29 is 12.8 Å². The summed E-state index contributed by atoms with van der Waals surface area (Å²) in [5.74, 6) is -0.248. The van der Waals surface area contributed by atoms with Crippen LogP contribution in [0.4, 0.5) is 0 Å². The SMILES string of the molecule is O=c1[nH]c2ccc(S(=O)(=O)N3CCC(c4ccncc4)CC3)cc2o1. The first-order valence-corrected chi connectivity index (χ1v) is 9.51. The van der Waals surface area contributed by atoms with Gasteiger partial charge in [0, 0.05) is 31.5 Å². The third-order valence-corrected chi connectivity index (χ3v) is 6.56. The molecule has 0 amide bonds. The van der Waals surface area contributed by atoms with Crippen molar-refractivity contribution in [2.75, 3.05) is 13.1 Å². The highest BCUT2D eigenvalue weighted by atomic mass is 32.2. The number of hydrogen-bond donors (Lipinski definition) is 1. The summed E-state index contributed by atoms with van der Waals surface area (Å²) in [5, 5.41) is 0. The lowest BCUT2D eigenvalue weighted by Gasteiger charge is -2.31. The van der Waals surface area contributed by atoms with Gasteiger partial charge in [0.15, 0.2) is 5.58 Å². The van der Waals surface area contributed by atoms with E-state index in [2.05, 4.69) is 9.97 Å². The second-order valence-corrected chi connectivity index (χ2v) is 8.07. The molecule has 0 unspecified atom stereocenters. The van der Waals surface area contributed by atoms with Crippen molar-refractivity contribution >= 4 is 21.1 Å². The standard InChI is InChI=1S/C17H17N3O4S/c21-17-19-15-2-1-14(11-16(15)24-17)25(22,23)20-9-5-13(6-10-20)12-3-7-18-8-4-12/h1-4,7-8,11,13H,5-6,9-10H2,(H,19,21). The van der Waals surface area contributed by atoms with Crippen LogP contribution in [0.3, 0.4) is 0 Å². The topological polar surface area (TPSA) is 96.3 Å². The first kappa shape index (κ1) is 16.0. The fraction of sp³-hybridized carbons (Fsp3) is 0.294. The molecule has 2 aromatic heterocycles. The third kappa shape index (κ3) is 2.98. The summed E-state index contributed by atoms with van der Waals surface area (Å²) in [5.41, 5.74) is 1.93. The summed E-state index contributed by atoms with van der Waals surface area (Å²) in [6.45, 7) is 0.925. The molecule has 25 heavy (non-hydrogen) atoms. The molecule has 0 atom stereocenters. The number of oxazole rings is 1. The van der Waals surface area contributed by atoms with E-state index in [1.54, 1.807) is 18.5 Å². The number of nitrogens with one attached hydrogen (secondary N) is 1. The fourth-order valence-corrected chi connectivity index (χ4v) is 4.79. The van der Waals surface area contributed by atoms with Crippen LogP contribution in [0.1, 0.15) is 24.3 Å². The molecular formula is C17H17N3O4S. The zero-order valence-electron chi connectivity index (χ0n) is 13.4. The van der Waals surface area contributed by atoms with Gasteiger partial charge in [-0.3, -0.25) is 9.97 Å². The molecule has 0 saturated carbocycles. The minimum Gasteiger partial charge on any atom is -0.408 e. The molecule has 1 aromatic carbocycles. The molecule has 0 radical (unpaired) electrons. The number of piperidine rings is 1. The van der Waals surface area contributed by atoms with Crippen LogP contribution in [-0.2, 0) is 10.0 Å². The lowest BCUT2D eigenvalue weighted by Crippen LogP contribution is -2.37. The van der Waals surface area contributed by atoms with Crippen LogP contribution in [0, 0.1) is 0 Å². The van der Waals surface area contributed by atoms with Crippen molar-refractivity contribution in [3.63, 3.8) is 0 Å². The first-order chi connectivity index (χ1) is 12.0. The maximum atomic E-state index is 12.9. The van der Waals surface area contributed by atoms with Crippen molar-refractivity contribution in [3.8, 4) is 0 Å². The average molecular weight is 359 g/mol. The summed E-state index contributed by atoms with van der Waals surface area (Å²) >= 11 is 0. The number of H-pyrrole nitrogens is 1. The van der Waals surface area contributed by atoms with E-state index in [1.807, 2.05) is 12.1 Å². The summed E-state index contributed by atoms with van der Waals surface area (Å²) in [7, 11) is -3.60. The summed E-state index contributed by atoms with van der Waals surface area (Å²) < 4.78 is 32.2. The van der Waals surface area contributed by atoms with E-state index in [0.717, 1.165) is 12.8 Å². The summed E-state index contributed by atoms with van der Waals surface area (Å²) in [4.78, 5) is 17.9. The molecule has 130 valence electrons. The van der Waals surface area contributed by atoms with Crippen LogP contribution in [0.2, 0.25) is 0 Å². The predicted molar refractivity (Wildman–Crippen MR) is 91.8 cm³/mol. The quantitative estimate of drug-likeness (QED) is 0.772. The number of sulfonamides is 1. The molecular weight excluding hydrogens is 342 g/mol. The Kier molecular flexibility index (Phi) is 3.93. The molecule has 0 bridgehead atoms. The smallest absolute Gasteiger partial charge is 0.408 e. The van der Waals surface area contributed by atoms with Crippen LogP contribution in [0.15, 0.2) is 56.8 Å². The van der Waals surface area contributed by atoms with Crippen molar-refractivity contribution in [3.05, 3.63) is 58.8 Å². The fourth-order valence-electron chi connectivity index (χ4n) is 3.30. The number of hydrogen-bond acceptors (Lipinski definition) is 5. The van der Waals surface area contributed by atoms with Gasteiger partial charge in [-0.2, -0.15) is 4.31 Å². The van der Waals surface area contributed by atoms with Crippen molar-refractivity contribution in [2.45, 2.75) is 23.7 Å². The summed E-state index contributed by atoms with van der Waals surface area (Å²) in [6.07, 6.45) is 5.06. The van der Waals surface area contributed by atoms with Crippen molar-refractivity contribution in [2.24, 2.45) is 0 Å². The van der Waals surface area contributed by atoms with E-state index in [1.165, 1.54) is 22.0 Å². The second kappa shape index (κ2) is 6.12. The molecule has 1 saturated heterocycles.